The van der Waals surface area contributed by atoms with Gasteiger partial charge in [0, 0.05) is 22.4 Å². The number of carbonyl (C=O) groups excluding carboxylic acids is 2. The molecular weight excluding hydrogens is 324 g/mol. The molecule has 6 rings (SSSR count). The molecule has 5 aliphatic rings. The highest BCUT2D eigenvalue weighted by molar-refractivity contribution is 6.10. The molecule has 1 atom stereocenters. The molecule has 1 aromatic carbocycles. The maximum Gasteiger partial charge on any atom is 0.259 e. The average molecular weight is 350 g/mol. The van der Waals surface area contributed by atoms with Crippen LogP contribution in [0.5, 0.6) is 0 Å². The number of nitrogens with one attached hydrogen (secondary N) is 1. The zero-order valence-corrected chi connectivity index (χ0v) is 15.3. The van der Waals surface area contributed by atoms with E-state index < -0.39 is 6.04 Å². The summed E-state index contributed by atoms with van der Waals surface area (Å²) in [5, 5.41) is 3.40. The van der Waals surface area contributed by atoms with E-state index in [0.717, 1.165) is 42.6 Å². The normalized spacial score (nSPS) is 35.6. The Bertz CT molecular complexity index is 742. The van der Waals surface area contributed by atoms with Crippen molar-refractivity contribution in [3.8, 4) is 0 Å². The Labute approximate surface area is 154 Å². The topological polar surface area (TPSA) is 49.4 Å². The SMILES string of the molecule is C=C1c2ccccc2C(=O)N1[C@H](C)C(=O)NC12CC3CC(CC(C3)C1)C2. The van der Waals surface area contributed by atoms with Crippen LogP contribution in [0.4, 0.5) is 0 Å². The lowest BCUT2D eigenvalue weighted by atomic mass is 9.53. The molecule has 4 aliphatic carbocycles. The summed E-state index contributed by atoms with van der Waals surface area (Å²) < 4.78 is 0. The predicted molar refractivity (Wildman–Crippen MR) is 100 cm³/mol. The molecule has 0 spiro atoms. The van der Waals surface area contributed by atoms with Gasteiger partial charge in [0.1, 0.15) is 6.04 Å². The lowest BCUT2D eigenvalue weighted by Gasteiger charge is -2.57. The molecule has 0 radical (unpaired) electrons. The van der Waals surface area contributed by atoms with Gasteiger partial charge in [-0.15, -0.1) is 0 Å². The van der Waals surface area contributed by atoms with Gasteiger partial charge in [0.05, 0.1) is 0 Å². The third kappa shape index (κ3) is 2.27. The molecule has 0 aromatic heterocycles. The number of carbonyl (C=O) groups is 2. The summed E-state index contributed by atoms with van der Waals surface area (Å²) in [4.78, 5) is 27.5. The molecule has 0 saturated heterocycles. The molecule has 4 bridgehead atoms. The fourth-order valence-corrected chi connectivity index (χ4v) is 6.46. The van der Waals surface area contributed by atoms with Crippen molar-refractivity contribution in [3.63, 3.8) is 0 Å². The number of rotatable bonds is 3. The van der Waals surface area contributed by atoms with Crippen LogP contribution in [-0.2, 0) is 4.79 Å². The standard InChI is InChI=1S/C22H26N2O2/c1-13-18-5-3-4-6-19(18)21(26)24(13)14(2)20(25)23-22-10-15-7-16(11-22)9-17(8-15)12-22/h3-6,14-17H,1,7-12H2,2H3,(H,23,25)/t14-,15?,16?,17?,22?/m1/s1. The number of hydrogen-bond donors (Lipinski definition) is 1. The monoisotopic (exact) mass is 350 g/mol. The number of hydrogen-bond acceptors (Lipinski definition) is 2. The van der Waals surface area contributed by atoms with E-state index in [-0.39, 0.29) is 17.4 Å². The van der Waals surface area contributed by atoms with Crippen molar-refractivity contribution >= 4 is 17.5 Å². The third-order valence-electron chi connectivity index (χ3n) is 7.17. The van der Waals surface area contributed by atoms with Crippen LogP contribution in [0.15, 0.2) is 30.8 Å². The highest BCUT2D eigenvalue weighted by Crippen LogP contribution is 2.55. The van der Waals surface area contributed by atoms with Gasteiger partial charge >= 0.3 is 0 Å². The van der Waals surface area contributed by atoms with Crippen molar-refractivity contribution in [1.29, 1.82) is 0 Å². The molecule has 1 N–H and O–H groups in total. The second-order valence-electron chi connectivity index (χ2n) is 9.03. The summed E-state index contributed by atoms with van der Waals surface area (Å²) >= 11 is 0. The summed E-state index contributed by atoms with van der Waals surface area (Å²) in [6.45, 7) is 5.91. The Morgan fingerprint density at radius 2 is 1.65 bits per heavy atom. The minimum absolute atomic E-state index is 0.0307. The van der Waals surface area contributed by atoms with E-state index in [1.807, 2.05) is 31.2 Å². The van der Waals surface area contributed by atoms with Gasteiger partial charge in [-0.2, -0.15) is 0 Å². The van der Waals surface area contributed by atoms with Gasteiger partial charge in [-0.3, -0.25) is 14.5 Å². The number of benzene rings is 1. The molecule has 0 unspecified atom stereocenters. The molecule has 136 valence electrons. The van der Waals surface area contributed by atoms with Crippen molar-refractivity contribution in [2.75, 3.05) is 0 Å². The van der Waals surface area contributed by atoms with Gasteiger partial charge in [-0.25, -0.2) is 0 Å². The molecule has 4 fully saturated rings. The molecule has 1 aliphatic heterocycles. The van der Waals surface area contributed by atoms with Gasteiger partial charge in [0.25, 0.3) is 5.91 Å². The minimum atomic E-state index is -0.532. The smallest absolute Gasteiger partial charge is 0.259 e. The second-order valence-corrected chi connectivity index (χ2v) is 9.03. The van der Waals surface area contributed by atoms with E-state index in [1.165, 1.54) is 19.3 Å². The van der Waals surface area contributed by atoms with Gasteiger partial charge in [-0.05, 0) is 69.3 Å². The lowest BCUT2D eigenvalue weighted by molar-refractivity contribution is -0.130. The van der Waals surface area contributed by atoms with Crippen molar-refractivity contribution in [1.82, 2.24) is 10.2 Å². The molecule has 1 heterocycles. The molecule has 4 heteroatoms. The number of nitrogens with zero attached hydrogens (tertiary/aromatic N) is 1. The van der Waals surface area contributed by atoms with Crippen molar-refractivity contribution in [2.24, 2.45) is 17.8 Å². The first-order chi connectivity index (χ1) is 12.5. The van der Waals surface area contributed by atoms with Crippen LogP contribution in [0.25, 0.3) is 5.70 Å². The largest absolute Gasteiger partial charge is 0.349 e. The van der Waals surface area contributed by atoms with Crippen LogP contribution in [-0.4, -0.2) is 28.3 Å². The molecule has 2 amide bonds. The van der Waals surface area contributed by atoms with Crippen LogP contribution >= 0.6 is 0 Å². The summed E-state index contributed by atoms with van der Waals surface area (Å²) in [6, 6.07) is 6.94. The second kappa shape index (κ2) is 5.45. The van der Waals surface area contributed by atoms with Gasteiger partial charge < -0.3 is 5.32 Å². The van der Waals surface area contributed by atoms with Gasteiger partial charge in [-0.1, -0.05) is 24.8 Å². The van der Waals surface area contributed by atoms with Crippen LogP contribution in [0.2, 0.25) is 0 Å². The van der Waals surface area contributed by atoms with Crippen LogP contribution in [0.3, 0.4) is 0 Å². The van der Waals surface area contributed by atoms with E-state index >= 15 is 0 Å². The summed E-state index contributed by atoms with van der Waals surface area (Å²) in [7, 11) is 0. The Hall–Kier alpha value is -2.10. The van der Waals surface area contributed by atoms with E-state index in [2.05, 4.69) is 11.9 Å². The molecule has 4 nitrogen and oxygen atoms in total. The average Bonchev–Trinajstić information content (AvgIpc) is 2.84. The highest BCUT2D eigenvalue weighted by Gasteiger charge is 2.52. The van der Waals surface area contributed by atoms with Crippen LogP contribution < -0.4 is 5.32 Å². The zero-order valence-electron chi connectivity index (χ0n) is 15.3. The first-order valence-corrected chi connectivity index (χ1v) is 9.90. The minimum Gasteiger partial charge on any atom is -0.349 e. The van der Waals surface area contributed by atoms with E-state index in [1.54, 1.807) is 4.90 Å². The predicted octanol–water partition coefficient (Wildman–Crippen LogP) is 3.59. The summed E-state index contributed by atoms with van der Waals surface area (Å²) in [6.07, 6.45) is 7.40. The third-order valence-corrected chi connectivity index (χ3v) is 7.17. The highest BCUT2D eigenvalue weighted by atomic mass is 16.2. The molecule has 1 aromatic rings. The fraction of sp³-hybridized carbons (Fsp3) is 0.545. The van der Waals surface area contributed by atoms with Crippen LogP contribution in [0.1, 0.15) is 61.4 Å². The zero-order chi connectivity index (χ0) is 18.1. The Kier molecular flexibility index (Phi) is 3.37. The molecule has 4 saturated carbocycles. The Balaban J connectivity index is 1.35. The lowest BCUT2D eigenvalue weighted by Crippen LogP contribution is -2.62. The van der Waals surface area contributed by atoms with Gasteiger partial charge in [0.15, 0.2) is 0 Å². The summed E-state index contributed by atoms with van der Waals surface area (Å²) in [5.41, 5.74) is 2.09. The molecule has 26 heavy (non-hydrogen) atoms. The maximum atomic E-state index is 13.1. The van der Waals surface area contributed by atoms with Crippen LogP contribution in [0, 0.1) is 17.8 Å². The number of fused-ring (bicyclic) bond motifs is 1. The van der Waals surface area contributed by atoms with E-state index in [0.29, 0.717) is 11.3 Å². The number of amides is 2. The van der Waals surface area contributed by atoms with E-state index in [9.17, 15) is 9.59 Å². The Morgan fingerprint density at radius 3 is 2.19 bits per heavy atom. The summed E-state index contributed by atoms with van der Waals surface area (Å²) in [5.74, 6) is 2.20. The quantitative estimate of drug-likeness (QED) is 0.906. The molecular formula is C22H26N2O2. The van der Waals surface area contributed by atoms with Gasteiger partial charge in [0.2, 0.25) is 5.91 Å². The fourth-order valence-electron chi connectivity index (χ4n) is 6.46. The van der Waals surface area contributed by atoms with Crippen molar-refractivity contribution < 1.29 is 9.59 Å². The Morgan fingerprint density at radius 1 is 1.12 bits per heavy atom. The first-order valence-electron chi connectivity index (χ1n) is 9.90. The van der Waals surface area contributed by atoms with E-state index in [4.69, 9.17) is 0 Å². The first kappa shape index (κ1) is 16.1. The van der Waals surface area contributed by atoms with Crippen molar-refractivity contribution in [3.05, 3.63) is 42.0 Å². The maximum absolute atomic E-state index is 13.1. The van der Waals surface area contributed by atoms with Crippen molar-refractivity contribution in [2.45, 2.75) is 57.0 Å².